The molecule has 0 aromatic heterocycles. The Morgan fingerprint density at radius 1 is 1.22 bits per heavy atom. The molecule has 1 aromatic carbocycles. The molecule has 0 bridgehead atoms. The quantitative estimate of drug-likeness (QED) is 0.683. The molecule has 1 aliphatic rings. The summed E-state index contributed by atoms with van der Waals surface area (Å²) in [4.78, 5) is 39.5. The maximum absolute atomic E-state index is 14.0. The molecule has 11 heteroatoms. The van der Waals surface area contributed by atoms with Crippen LogP contribution in [0.4, 0.5) is 22.4 Å². The van der Waals surface area contributed by atoms with Crippen molar-refractivity contribution in [2.45, 2.75) is 44.5 Å². The van der Waals surface area contributed by atoms with Crippen molar-refractivity contribution in [2.24, 2.45) is 0 Å². The second-order valence-electron chi connectivity index (χ2n) is 8.72. The number of amides is 3. The summed E-state index contributed by atoms with van der Waals surface area (Å²) >= 11 is 0. The average Bonchev–Trinajstić information content (AvgIpc) is 3.15. The van der Waals surface area contributed by atoms with Crippen molar-refractivity contribution >= 4 is 17.9 Å². The van der Waals surface area contributed by atoms with Crippen molar-refractivity contribution in [1.82, 2.24) is 15.1 Å². The Kier molecular flexibility index (Phi) is 7.41. The molecule has 0 radical (unpaired) electrons. The monoisotopic (exact) mass is 461 g/mol. The molecule has 0 spiro atoms. The maximum Gasteiger partial charge on any atom is 0.416 e. The highest BCUT2D eigenvalue weighted by Gasteiger charge is 2.46. The van der Waals surface area contributed by atoms with Crippen LogP contribution in [0.2, 0.25) is 0 Å². The number of carbonyl (C=O) groups is 3. The molecular formula is C21H27F4N3O4. The molecule has 1 fully saturated rings. The summed E-state index contributed by atoms with van der Waals surface area (Å²) in [7, 11) is 1.36. The van der Waals surface area contributed by atoms with Crippen LogP contribution in [-0.2, 0) is 15.7 Å². The second kappa shape index (κ2) is 9.33. The van der Waals surface area contributed by atoms with Gasteiger partial charge in [-0.1, -0.05) is 6.07 Å². The first-order valence-corrected chi connectivity index (χ1v) is 9.94. The fourth-order valence-corrected chi connectivity index (χ4v) is 3.29. The van der Waals surface area contributed by atoms with Gasteiger partial charge >= 0.3 is 12.3 Å². The summed E-state index contributed by atoms with van der Waals surface area (Å²) in [5, 5.41) is 2.26. The lowest BCUT2D eigenvalue weighted by Gasteiger charge is -2.36. The largest absolute Gasteiger partial charge is 0.444 e. The third kappa shape index (κ3) is 6.10. The van der Waals surface area contributed by atoms with Gasteiger partial charge in [0.05, 0.1) is 17.6 Å². The van der Waals surface area contributed by atoms with Gasteiger partial charge < -0.3 is 19.9 Å². The summed E-state index contributed by atoms with van der Waals surface area (Å²) in [5.74, 6) is -1.51. The topological polar surface area (TPSA) is 79.0 Å². The molecule has 1 atom stereocenters. The standard InChI is InChI=1S/C21H27F4N3O4/c1-19(2,3)32-18(31)28-9-8-20(12-22,13-28)27(4)16(29)11-26-17(30)14-6-5-7-15(10-14)21(23,24)25/h5-7,10H,8-9,11-13H2,1-4H3,(H,26,30). The number of alkyl halides is 4. The molecule has 2 rings (SSSR count). The number of benzene rings is 1. The van der Waals surface area contributed by atoms with E-state index in [9.17, 15) is 31.9 Å². The molecule has 0 aliphatic carbocycles. The van der Waals surface area contributed by atoms with E-state index in [-0.39, 0.29) is 25.1 Å². The van der Waals surface area contributed by atoms with Crippen LogP contribution in [0.15, 0.2) is 24.3 Å². The minimum atomic E-state index is -4.61. The first-order chi connectivity index (χ1) is 14.7. The van der Waals surface area contributed by atoms with E-state index in [0.29, 0.717) is 6.07 Å². The SMILES string of the molecule is CN(C(=O)CNC(=O)c1cccc(C(F)(F)F)c1)C1(CF)CCN(C(=O)OC(C)(C)C)C1. The summed E-state index contributed by atoms with van der Waals surface area (Å²) in [6.45, 7) is 3.75. The van der Waals surface area contributed by atoms with Gasteiger partial charge in [0.2, 0.25) is 5.91 Å². The first-order valence-electron chi connectivity index (χ1n) is 9.94. The zero-order valence-corrected chi connectivity index (χ0v) is 18.4. The highest BCUT2D eigenvalue weighted by atomic mass is 19.4. The number of halogens is 4. The van der Waals surface area contributed by atoms with E-state index in [2.05, 4.69) is 5.32 Å². The van der Waals surface area contributed by atoms with Gasteiger partial charge in [0.15, 0.2) is 0 Å². The van der Waals surface area contributed by atoms with Crippen LogP contribution in [0, 0.1) is 0 Å². The molecule has 178 valence electrons. The minimum absolute atomic E-state index is 0.0811. The average molecular weight is 461 g/mol. The number of nitrogens with zero attached hydrogens (tertiary/aromatic N) is 2. The second-order valence-corrected chi connectivity index (χ2v) is 8.72. The fraction of sp³-hybridized carbons (Fsp3) is 0.571. The molecule has 1 N–H and O–H groups in total. The molecule has 1 saturated heterocycles. The van der Waals surface area contributed by atoms with E-state index in [1.165, 1.54) is 18.0 Å². The van der Waals surface area contributed by atoms with Crippen LogP contribution < -0.4 is 5.32 Å². The molecular weight excluding hydrogens is 434 g/mol. The summed E-state index contributed by atoms with van der Waals surface area (Å²) in [5.41, 5.74) is -3.26. The Morgan fingerprint density at radius 3 is 2.44 bits per heavy atom. The summed E-state index contributed by atoms with van der Waals surface area (Å²) in [6.07, 6.45) is -5.05. The number of hydrogen-bond donors (Lipinski definition) is 1. The van der Waals surface area contributed by atoms with Crippen LogP contribution in [0.25, 0.3) is 0 Å². The Labute approximate surface area is 183 Å². The third-order valence-corrected chi connectivity index (χ3v) is 5.17. The van der Waals surface area contributed by atoms with Gasteiger partial charge in [0.25, 0.3) is 5.91 Å². The molecule has 1 heterocycles. The lowest BCUT2D eigenvalue weighted by Crippen LogP contribution is -2.55. The van der Waals surface area contributed by atoms with Crippen molar-refractivity contribution < 1.29 is 36.7 Å². The first kappa shape index (κ1) is 25.4. The molecule has 7 nitrogen and oxygen atoms in total. The number of carbonyl (C=O) groups excluding carboxylic acids is 3. The van der Waals surface area contributed by atoms with Crippen molar-refractivity contribution in [3.63, 3.8) is 0 Å². The lowest BCUT2D eigenvalue weighted by atomic mass is 9.98. The number of hydrogen-bond acceptors (Lipinski definition) is 4. The van der Waals surface area contributed by atoms with Crippen LogP contribution in [-0.4, -0.2) is 72.2 Å². The Balaban J connectivity index is 2.01. The van der Waals surface area contributed by atoms with E-state index in [4.69, 9.17) is 4.74 Å². The van der Waals surface area contributed by atoms with Gasteiger partial charge in [-0.3, -0.25) is 9.59 Å². The zero-order chi connectivity index (χ0) is 24.3. The van der Waals surface area contributed by atoms with E-state index in [0.717, 1.165) is 17.0 Å². The van der Waals surface area contributed by atoms with Gasteiger partial charge in [0.1, 0.15) is 12.3 Å². The summed E-state index contributed by atoms with van der Waals surface area (Å²) in [6, 6.07) is 3.80. The van der Waals surface area contributed by atoms with Gasteiger partial charge in [-0.2, -0.15) is 13.2 Å². The predicted molar refractivity (Wildman–Crippen MR) is 108 cm³/mol. The van der Waals surface area contributed by atoms with Gasteiger partial charge in [-0.15, -0.1) is 0 Å². The molecule has 1 aromatic rings. The molecule has 1 unspecified atom stereocenters. The summed E-state index contributed by atoms with van der Waals surface area (Å²) < 4.78 is 57.7. The van der Waals surface area contributed by atoms with Crippen LogP contribution in [0.3, 0.4) is 0 Å². The minimum Gasteiger partial charge on any atom is -0.444 e. The highest BCUT2D eigenvalue weighted by Crippen LogP contribution is 2.30. The van der Waals surface area contributed by atoms with E-state index in [1.54, 1.807) is 20.8 Å². The van der Waals surface area contributed by atoms with E-state index >= 15 is 0 Å². The Morgan fingerprint density at radius 2 is 1.88 bits per heavy atom. The van der Waals surface area contributed by atoms with E-state index < -0.39 is 54.0 Å². The molecule has 0 saturated carbocycles. The van der Waals surface area contributed by atoms with Crippen molar-refractivity contribution in [3.05, 3.63) is 35.4 Å². The Hall–Kier alpha value is -2.85. The fourth-order valence-electron chi connectivity index (χ4n) is 3.29. The number of ether oxygens (including phenoxy) is 1. The number of likely N-dealkylation sites (tertiary alicyclic amines) is 1. The van der Waals surface area contributed by atoms with Crippen molar-refractivity contribution in [2.75, 3.05) is 33.4 Å². The zero-order valence-electron chi connectivity index (χ0n) is 18.4. The highest BCUT2D eigenvalue weighted by molar-refractivity contribution is 5.96. The predicted octanol–water partition coefficient (Wildman–Crippen LogP) is 3.24. The van der Waals surface area contributed by atoms with E-state index in [1.807, 2.05) is 0 Å². The number of rotatable bonds is 5. The van der Waals surface area contributed by atoms with Crippen molar-refractivity contribution in [3.8, 4) is 0 Å². The number of nitrogens with one attached hydrogen (secondary N) is 1. The van der Waals surface area contributed by atoms with Gasteiger partial charge in [-0.25, -0.2) is 9.18 Å². The molecule has 3 amide bonds. The van der Waals surface area contributed by atoms with Crippen molar-refractivity contribution in [1.29, 1.82) is 0 Å². The van der Waals surface area contributed by atoms with Crippen LogP contribution in [0.5, 0.6) is 0 Å². The lowest BCUT2D eigenvalue weighted by molar-refractivity contribution is -0.137. The molecule has 32 heavy (non-hydrogen) atoms. The van der Waals surface area contributed by atoms with Gasteiger partial charge in [-0.05, 0) is 45.4 Å². The smallest absolute Gasteiger partial charge is 0.416 e. The normalized spacial score (nSPS) is 18.9. The Bertz CT molecular complexity index is 869. The number of likely N-dealkylation sites (N-methyl/N-ethyl adjacent to an activating group) is 1. The maximum atomic E-state index is 14.0. The van der Waals surface area contributed by atoms with Gasteiger partial charge in [0, 0.05) is 25.7 Å². The third-order valence-electron chi connectivity index (χ3n) is 5.17. The van der Waals surface area contributed by atoms with Crippen LogP contribution >= 0.6 is 0 Å². The van der Waals surface area contributed by atoms with Crippen LogP contribution in [0.1, 0.15) is 43.1 Å². The molecule has 1 aliphatic heterocycles.